The van der Waals surface area contributed by atoms with E-state index in [0.717, 1.165) is 36.9 Å². The Labute approximate surface area is 215 Å². The lowest BCUT2D eigenvalue weighted by Crippen LogP contribution is -2.49. The van der Waals surface area contributed by atoms with Crippen molar-refractivity contribution < 1.29 is 13.9 Å². The molecule has 2 atom stereocenters. The van der Waals surface area contributed by atoms with E-state index in [-0.39, 0.29) is 30.0 Å². The number of ether oxygens (including phenoxy) is 1. The number of aromatic nitrogens is 2. The van der Waals surface area contributed by atoms with E-state index < -0.39 is 0 Å². The number of likely N-dealkylation sites (tertiary alicyclic amines) is 1. The van der Waals surface area contributed by atoms with Crippen LogP contribution in [-0.4, -0.2) is 57.0 Å². The van der Waals surface area contributed by atoms with E-state index >= 15 is 0 Å². The molecule has 0 radical (unpaired) electrons. The lowest BCUT2D eigenvalue weighted by atomic mass is 9.95. The second kappa shape index (κ2) is 10.4. The summed E-state index contributed by atoms with van der Waals surface area (Å²) in [5, 5.41) is 6.69. The van der Waals surface area contributed by atoms with Crippen LogP contribution in [0.2, 0.25) is 0 Å². The van der Waals surface area contributed by atoms with Gasteiger partial charge in [-0.1, -0.05) is 31.4 Å². The SMILES string of the molecule is O=C(NC1CCCCC1)N1CCC(Nc2nccc(C3C(c4ccc(F)cc4)N=C4OC=CN43)n2)CC1. The maximum absolute atomic E-state index is 13.5. The van der Waals surface area contributed by atoms with Gasteiger partial charge in [-0.2, -0.15) is 0 Å². The Morgan fingerprint density at radius 1 is 1.00 bits per heavy atom. The first-order valence-electron chi connectivity index (χ1n) is 13.2. The zero-order chi connectivity index (χ0) is 25.2. The first kappa shape index (κ1) is 23.7. The third-order valence-electron chi connectivity index (χ3n) is 7.70. The van der Waals surface area contributed by atoms with Gasteiger partial charge in [-0.25, -0.2) is 24.1 Å². The Morgan fingerprint density at radius 2 is 1.78 bits per heavy atom. The molecule has 9 nitrogen and oxygen atoms in total. The van der Waals surface area contributed by atoms with Gasteiger partial charge in [0.25, 0.3) is 6.02 Å². The second-order valence-electron chi connectivity index (χ2n) is 10.2. The number of benzene rings is 1. The van der Waals surface area contributed by atoms with Crippen LogP contribution < -0.4 is 10.6 Å². The first-order chi connectivity index (χ1) is 18.1. The van der Waals surface area contributed by atoms with Gasteiger partial charge in [0, 0.05) is 37.6 Å². The third kappa shape index (κ3) is 5.10. The van der Waals surface area contributed by atoms with Crippen molar-refractivity contribution in [2.45, 2.75) is 69.1 Å². The molecule has 0 bridgehead atoms. The summed E-state index contributed by atoms with van der Waals surface area (Å²) in [6.45, 7) is 1.41. The summed E-state index contributed by atoms with van der Waals surface area (Å²) in [6.07, 6.45) is 12.7. The van der Waals surface area contributed by atoms with Crippen molar-refractivity contribution in [2.75, 3.05) is 18.4 Å². The van der Waals surface area contributed by atoms with Crippen LogP contribution in [0.4, 0.5) is 15.1 Å². The quantitative estimate of drug-likeness (QED) is 0.622. The van der Waals surface area contributed by atoms with Gasteiger partial charge < -0.3 is 20.3 Å². The number of piperidine rings is 1. The Balaban J connectivity index is 1.10. The monoisotopic (exact) mass is 505 g/mol. The van der Waals surface area contributed by atoms with Crippen LogP contribution in [0.3, 0.4) is 0 Å². The molecule has 2 fully saturated rings. The van der Waals surface area contributed by atoms with Gasteiger partial charge in [0.05, 0.1) is 5.69 Å². The number of carbonyl (C=O) groups excluding carboxylic acids is 1. The summed E-state index contributed by atoms with van der Waals surface area (Å²) >= 11 is 0. The highest BCUT2D eigenvalue weighted by Crippen LogP contribution is 2.43. The highest BCUT2D eigenvalue weighted by molar-refractivity contribution is 5.80. The van der Waals surface area contributed by atoms with Crippen molar-refractivity contribution in [3.05, 3.63) is 66.1 Å². The molecule has 1 saturated carbocycles. The third-order valence-corrected chi connectivity index (χ3v) is 7.70. The van der Waals surface area contributed by atoms with Crippen LogP contribution in [-0.2, 0) is 4.74 Å². The van der Waals surface area contributed by atoms with E-state index in [2.05, 4.69) is 15.6 Å². The Bertz CT molecular complexity index is 1170. The van der Waals surface area contributed by atoms with E-state index in [4.69, 9.17) is 14.7 Å². The van der Waals surface area contributed by atoms with Crippen LogP contribution in [0, 0.1) is 5.82 Å². The summed E-state index contributed by atoms with van der Waals surface area (Å²) in [6, 6.07) is 8.85. The highest BCUT2D eigenvalue weighted by atomic mass is 19.1. The van der Waals surface area contributed by atoms with E-state index in [1.807, 2.05) is 22.1 Å². The molecular formula is C27H32FN7O2. The Morgan fingerprint density at radius 3 is 2.57 bits per heavy atom. The van der Waals surface area contributed by atoms with E-state index in [1.54, 1.807) is 24.6 Å². The predicted octanol–water partition coefficient (Wildman–Crippen LogP) is 4.49. The molecule has 4 aliphatic rings. The van der Waals surface area contributed by atoms with Crippen molar-refractivity contribution in [3.63, 3.8) is 0 Å². The number of anilines is 1. The van der Waals surface area contributed by atoms with Gasteiger partial charge in [-0.3, -0.25) is 4.90 Å². The number of rotatable bonds is 5. The van der Waals surface area contributed by atoms with Crippen LogP contribution in [0.1, 0.15) is 68.3 Å². The molecular weight excluding hydrogens is 473 g/mol. The second-order valence-corrected chi connectivity index (χ2v) is 10.2. The zero-order valence-corrected chi connectivity index (χ0v) is 20.7. The van der Waals surface area contributed by atoms with Gasteiger partial charge in [0.15, 0.2) is 0 Å². The van der Waals surface area contributed by atoms with Gasteiger partial charge in [0.1, 0.15) is 24.2 Å². The first-order valence-corrected chi connectivity index (χ1v) is 13.2. The van der Waals surface area contributed by atoms with Crippen LogP contribution >= 0.6 is 0 Å². The molecule has 0 spiro atoms. The van der Waals surface area contributed by atoms with Crippen molar-refractivity contribution in [3.8, 4) is 0 Å². The number of urea groups is 1. The number of carbonyl (C=O) groups is 1. The molecule has 194 valence electrons. The number of aliphatic imine (C=N–C) groups is 1. The number of halogens is 1. The standard InChI is InChI=1S/C27H32FN7O2/c28-19-8-6-18(7-9-19)23-24(35-16-17-37-27(35)33-23)22-10-13-29-25(32-22)30-21-11-14-34(15-12-21)26(36)31-20-4-2-1-3-5-20/h6-10,13,16-17,20-21,23-24H,1-5,11-12,14-15H2,(H,31,36)(H,29,30,32). The molecule has 10 heteroatoms. The molecule has 2 N–H and O–H groups in total. The van der Waals surface area contributed by atoms with Gasteiger partial charge in [0.2, 0.25) is 5.95 Å². The maximum atomic E-state index is 13.5. The molecule has 1 aromatic heterocycles. The summed E-state index contributed by atoms with van der Waals surface area (Å²) in [7, 11) is 0. The molecule has 2 aromatic rings. The largest absolute Gasteiger partial charge is 0.432 e. The molecule has 2 amide bonds. The highest BCUT2D eigenvalue weighted by Gasteiger charge is 2.41. The predicted molar refractivity (Wildman–Crippen MR) is 137 cm³/mol. The number of fused-ring (bicyclic) bond motifs is 1. The molecule has 1 saturated heterocycles. The summed E-state index contributed by atoms with van der Waals surface area (Å²) in [4.78, 5) is 30.6. The van der Waals surface area contributed by atoms with E-state index in [1.165, 1.54) is 31.4 Å². The fraction of sp³-hybridized carbons (Fsp3) is 0.481. The van der Waals surface area contributed by atoms with E-state index in [9.17, 15) is 9.18 Å². The lowest BCUT2D eigenvalue weighted by Gasteiger charge is -2.34. The minimum atomic E-state index is -0.284. The fourth-order valence-electron chi connectivity index (χ4n) is 5.68. The number of hydrogen-bond donors (Lipinski definition) is 2. The molecule has 6 rings (SSSR count). The van der Waals surface area contributed by atoms with Gasteiger partial charge in [-0.15, -0.1) is 0 Å². The van der Waals surface area contributed by atoms with E-state index in [0.29, 0.717) is 31.1 Å². The van der Waals surface area contributed by atoms with Gasteiger partial charge >= 0.3 is 6.03 Å². The minimum Gasteiger partial charge on any atom is -0.432 e. The number of nitrogens with zero attached hydrogens (tertiary/aromatic N) is 5. The fourth-order valence-corrected chi connectivity index (χ4v) is 5.68. The number of amides is 2. The lowest BCUT2D eigenvalue weighted by molar-refractivity contribution is 0.176. The minimum absolute atomic E-state index is 0.0633. The molecule has 4 heterocycles. The number of amidine groups is 1. The maximum Gasteiger partial charge on any atom is 0.317 e. The normalized spacial score (nSPS) is 24.0. The summed E-state index contributed by atoms with van der Waals surface area (Å²) < 4.78 is 19.1. The number of hydrogen-bond acceptors (Lipinski definition) is 7. The summed E-state index contributed by atoms with van der Waals surface area (Å²) in [5.74, 6) is 0.270. The van der Waals surface area contributed by atoms with Crippen LogP contribution in [0.15, 0.2) is 54.0 Å². The van der Waals surface area contributed by atoms with Crippen LogP contribution in [0.25, 0.3) is 0 Å². The van der Waals surface area contributed by atoms with Crippen molar-refractivity contribution in [1.82, 2.24) is 25.1 Å². The number of nitrogens with one attached hydrogen (secondary N) is 2. The smallest absolute Gasteiger partial charge is 0.317 e. The summed E-state index contributed by atoms with van der Waals surface area (Å²) in [5.41, 5.74) is 1.68. The average molecular weight is 506 g/mol. The van der Waals surface area contributed by atoms with Crippen molar-refractivity contribution >= 4 is 18.0 Å². The molecule has 2 unspecified atom stereocenters. The van der Waals surface area contributed by atoms with Crippen molar-refractivity contribution in [1.29, 1.82) is 0 Å². The average Bonchev–Trinajstić information content (AvgIpc) is 3.52. The Hall–Kier alpha value is -3.69. The van der Waals surface area contributed by atoms with Crippen LogP contribution in [0.5, 0.6) is 0 Å². The van der Waals surface area contributed by atoms with Gasteiger partial charge in [-0.05, 0) is 49.4 Å². The molecule has 37 heavy (non-hydrogen) atoms. The Kier molecular flexibility index (Phi) is 6.63. The topological polar surface area (TPSA) is 95.0 Å². The zero-order valence-electron chi connectivity index (χ0n) is 20.7. The molecule has 3 aliphatic heterocycles. The molecule has 1 aliphatic carbocycles. The molecule has 1 aromatic carbocycles. The van der Waals surface area contributed by atoms with Crippen molar-refractivity contribution in [2.24, 2.45) is 4.99 Å².